The maximum absolute atomic E-state index is 4.53. The number of thiazole rings is 1. The van der Waals surface area contributed by atoms with Gasteiger partial charge in [-0.25, -0.2) is 4.98 Å². The van der Waals surface area contributed by atoms with Crippen LogP contribution in [0.3, 0.4) is 0 Å². The monoisotopic (exact) mass is 225 g/mol. The van der Waals surface area contributed by atoms with Gasteiger partial charge in [0.05, 0.1) is 6.54 Å². The molecule has 0 radical (unpaired) electrons. The third kappa shape index (κ3) is 3.00. The van der Waals surface area contributed by atoms with Gasteiger partial charge in [-0.3, -0.25) is 4.90 Å². The smallest absolute Gasteiger partial charge is 0.107 e. The van der Waals surface area contributed by atoms with Gasteiger partial charge in [-0.05, 0) is 26.8 Å². The van der Waals surface area contributed by atoms with Gasteiger partial charge in [0, 0.05) is 30.2 Å². The van der Waals surface area contributed by atoms with Crippen LogP contribution >= 0.6 is 11.3 Å². The fourth-order valence-corrected chi connectivity index (χ4v) is 2.74. The van der Waals surface area contributed by atoms with Crippen LogP contribution in [0.5, 0.6) is 0 Å². The number of aryl methyl sites for hydroxylation is 1. The molecule has 2 rings (SSSR count). The highest BCUT2D eigenvalue weighted by molar-refractivity contribution is 7.09. The Bertz CT molecular complexity index is 311. The molecule has 1 aliphatic rings. The highest BCUT2D eigenvalue weighted by Gasteiger charge is 2.17. The molecule has 84 valence electrons. The second-order valence-electron chi connectivity index (χ2n) is 4.24. The molecule has 0 saturated carbocycles. The van der Waals surface area contributed by atoms with E-state index in [1.807, 2.05) is 0 Å². The van der Waals surface area contributed by atoms with Gasteiger partial charge in [-0.1, -0.05) is 0 Å². The molecule has 3 nitrogen and oxygen atoms in total. The van der Waals surface area contributed by atoms with Gasteiger partial charge < -0.3 is 5.32 Å². The van der Waals surface area contributed by atoms with E-state index in [1.54, 1.807) is 11.3 Å². The van der Waals surface area contributed by atoms with E-state index in [9.17, 15) is 0 Å². The van der Waals surface area contributed by atoms with Crippen molar-refractivity contribution in [1.82, 2.24) is 15.2 Å². The summed E-state index contributed by atoms with van der Waals surface area (Å²) in [4.78, 5) is 7.05. The lowest BCUT2D eigenvalue weighted by molar-refractivity contribution is 0.211. The molecule has 0 aromatic carbocycles. The minimum atomic E-state index is 0.671. The first-order valence-corrected chi connectivity index (χ1v) is 6.49. The van der Waals surface area contributed by atoms with Crippen molar-refractivity contribution >= 4 is 11.3 Å². The first kappa shape index (κ1) is 11.0. The zero-order valence-corrected chi connectivity index (χ0v) is 10.3. The number of nitrogens with one attached hydrogen (secondary N) is 1. The van der Waals surface area contributed by atoms with Gasteiger partial charge >= 0.3 is 0 Å². The summed E-state index contributed by atoms with van der Waals surface area (Å²) in [6, 6.07) is 0.671. The fourth-order valence-electron chi connectivity index (χ4n) is 1.95. The van der Waals surface area contributed by atoms with Crippen molar-refractivity contribution < 1.29 is 0 Å². The first-order valence-electron chi connectivity index (χ1n) is 5.61. The van der Waals surface area contributed by atoms with Gasteiger partial charge in [0.1, 0.15) is 5.01 Å². The number of nitrogens with zero attached hydrogens (tertiary/aromatic N) is 2. The van der Waals surface area contributed by atoms with Crippen LogP contribution in [0.4, 0.5) is 0 Å². The molecule has 1 aliphatic heterocycles. The molecule has 1 saturated heterocycles. The van der Waals surface area contributed by atoms with Crippen molar-refractivity contribution in [3.05, 3.63) is 16.1 Å². The minimum absolute atomic E-state index is 0.671. The predicted molar refractivity (Wildman–Crippen MR) is 64.2 cm³/mol. The molecular weight excluding hydrogens is 206 g/mol. The summed E-state index contributed by atoms with van der Waals surface area (Å²) in [5.41, 5.74) is 1.15. The van der Waals surface area contributed by atoms with Gasteiger partial charge in [0.25, 0.3) is 0 Å². The Kier molecular flexibility index (Phi) is 3.72. The molecule has 1 fully saturated rings. The van der Waals surface area contributed by atoms with Gasteiger partial charge in [-0.2, -0.15) is 0 Å². The number of aromatic nitrogens is 1. The number of hydrogen-bond donors (Lipinski definition) is 1. The number of rotatable bonds is 2. The van der Waals surface area contributed by atoms with Crippen LogP contribution in [0, 0.1) is 6.92 Å². The van der Waals surface area contributed by atoms with Crippen LogP contribution in [0.25, 0.3) is 0 Å². The van der Waals surface area contributed by atoms with Crippen LogP contribution in [-0.4, -0.2) is 35.6 Å². The van der Waals surface area contributed by atoms with Crippen molar-refractivity contribution in [3.8, 4) is 0 Å². The molecule has 4 heteroatoms. The fraction of sp³-hybridized carbons (Fsp3) is 0.727. The van der Waals surface area contributed by atoms with Crippen LogP contribution in [-0.2, 0) is 6.54 Å². The molecular formula is C11H19N3S. The third-order valence-corrected chi connectivity index (χ3v) is 3.89. The van der Waals surface area contributed by atoms with Crippen molar-refractivity contribution in [3.63, 3.8) is 0 Å². The van der Waals surface area contributed by atoms with Crippen LogP contribution in [0.15, 0.2) is 5.38 Å². The molecule has 0 spiro atoms. The molecule has 1 aromatic rings. The summed E-state index contributed by atoms with van der Waals surface area (Å²) >= 11 is 1.78. The SMILES string of the molecule is Cc1csc(CN2CCNCCC2C)n1. The topological polar surface area (TPSA) is 28.2 Å². The minimum Gasteiger partial charge on any atom is -0.315 e. The molecule has 0 aliphatic carbocycles. The lowest BCUT2D eigenvalue weighted by Crippen LogP contribution is -2.33. The average molecular weight is 225 g/mol. The van der Waals surface area contributed by atoms with E-state index >= 15 is 0 Å². The Morgan fingerprint density at radius 1 is 1.60 bits per heavy atom. The highest BCUT2D eigenvalue weighted by atomic mass is 32.1. The van der Waals surface area contributed by atoms with Crippen molar-refractivity contribution in [2.24, 2.45) is 0 Å². The van der Waals surface area contributed by atoms with E-state index in [-0.39, 0.29) is 0 Å². The van der Waals surface area contributed by atoms with Crippen molar-refractivity contribution in [2.75, 3.05) is 19.6 Å². The Balaban J connectivity index is 1.97. The van der Waals surface area contributed by atoms with E-state index in [4.69, 9.17) is 0 Å². The van der Waals surface area contributed by atoms with Crippen molar-refractivity contribution in [2.45, 2.75) is 32.9 Å². The Hall–Kier alpha value is -0.450. The molecule has 15 heavy (non-hydrogen) atoms. The van der Waals surface area contributed by atoms with E-state index in [0.29, 0.717) is 6.04 Å². The zero-order chi connectivity index (χ0) is 10.7. The zero-order valence-electron chi connectivity index (χ0n) is 9.49. The highest BCUT2D eigenvalue weighted by Crippen LogP contribution is 2.15. The van der Waals surface area contributed by atoms with Crippen LogP contribution in [0.1, 0.15) is 24.0 Å². The second kappa shape index (κ2) is 5.05. The normalized spacial score (nSPS) is 24.0. The summed E-state index contributed by atoms with van der Waals surface area (Å²) in [5.74, 6) is 0. The molecule has 1 aromatic heterocycles. The summed E-state index contributed by atoms with van der Waals surface area (Å²) < 4.78 is 0. The lowest BCUT2D eigenvalue weighted by atomic mass is 10.2. The van der Waals surface area contributed by atoms with Crippen LogP contribution in [0.2, 0.25) is 0 Å². The number of hydrogen-bond acceptors (Lipinski definition) is 4. The maximum atomic E-state index is 4.53. The standard InChI is InChI=1S/C11H19N3S/c1-9-8-15-11(13-9)7-14-6-5-12-4-3-10(14)2/h8,10,12H,3-7H2,1-2H3. The summed E-state index contributed by atoms with van der Waals surface area (Å²) in [6.07, 6.45) is 1.24. The van der Waals surface area contributed by atoms with Gasteiger partial charge in [0.2, 0.25) is 0 Å². The van der Waals surface area contributed by atoms with Gasteiger partial charge in [-0.15, -0.1) is 11.3 Å². The predicted octanol–water partition coefficient (Wildman–Crippen LogP) is 1.64. The average Bonchev–Trinajstić information content (AvgIpc) is 2.50. The Morgan fingerprint density at radius 3 is 3.20 bits per heavy atom. The van der Waals surface area contributed by atoms with E-state index in [1.165, 1.54) is 11.4 Å². The molecule has 0 bridgehead atoms. The summed E-state index contributed by atoms with van der Waals surface area (Å²) in [6.45, 7) is 8.78. The Morgan fingerprint density at radius 2 is 2.47 bits per heavy atom. The summed E-state index contributed by atoms with van der Waals surface area (Å²) in [7, 11) is 0. The molecule has 1 N–H and O–H groups in total. The van der Waals surface area contributed by atoms with E-state index in [0.717, 1.165) is 31.9 Å². The van der Waals surface area contributed by atoms with Crippen LogP contribution < -0.4 is 5.32 Å². The Labute approximate surface area is 95.5 Å². The maximum Gasteiger partial charge on any atom is 0.107 e. The molecule has 1 unspecified atom stereocenters. The third-order valence-electron chi connectivity index (χ3n) is 2.94. The molecule has 2 heterocycles. The van der Waals surface area contributed by atoms with Crippen molar-refractivity contribution in [1.29, 1.82) is 0 Å². The second-order valence-corrected chi connectivity index (χ2v) is 5.18. The summed E-state index contributed by atoms with van der Waals surface area (Å²) in [5, 5.41) is 6.83. The van der Waals surface area contributed by atoms with E-state index in [2.05, 4.69) is 34.4 Å². The molecule has 1 atom stereocenters. The first-order chi connectivity index (χ1) is 7.25. The van der Waals surface area contributed by atoms with E-state index < -0.39 is 0 Å². The van der Waals surface area contributed by atoms with Gasteiger partial charge in [0.15, 0.2) is 0 Å². The lowest BCUT2D eigenvalue weighted by Gasteiger charge is -2.25. The molecule has 0 amide bonds. The quantitative estimate of drug-likeness (QED) is 0.829. The largest absolute Gasteiger partial charge is 0.315 e.